The first-order chi connectivity index (χ1) is 10.0. The lowest BCUT2D eigenvalue weighted by Gasteiger charge is -2.32. The molecule has 0 heterocycles. The molecule has 1 atom stereocenters. The smallest absolute Gasteiger partial charge is 0.179 e. The van der Waals surface area contributed by atoms with Gasteiger partial charge in [-0.05, 0) is 58.0 Å². The summed E-state index contributed by atoms with van der Waals surface area (Å²) in [5.41, 5.74) is 0.754. The number of rotatable bonds is 9. The van der Waals surface area contributed by atoms with E-state index in [0.29, 0.717) is 6.04 Å². The van der Waals surface area contributed by atoms with Gasteiger partial charge in [-0.3, -0.25) is 9.69 Å². The van der Waals surface area contributed by atoms with Crippen LogP contribution in [0.15, 0.2) is 24.3 Å². The third kappa shape index (κ3) is 5.16. The van der Waals surface area contributed by atoms with Crippen molar-refractivity contribution in [2.75, 3.05) is 13.7 Å². The van der Waals surface area contributed by atoms with Crippen LogP contribution in [0.1, 0.15) is 57.3 Å². The molecule has 0 amide bonds. The van der Waals surface area contributed by atoms with Gasteiger partial charge in [0.1, 0.15) is 5.75 Å². The predicted octanol–water partition coefficient (Wildman–Crippen LogP) is 4.17. The van der Waals surface area contributed by atoms with Crippen LogP contribution >= 0.6 is 0 Å². The number of carbonyl (C=O) groups is 1. The Morgan fingerprint density at radius 3 is 2.24 bits per heavy atom. The fourth-order valence-electron chi connectivity index (χ4n) is 2.59. The van der Waals surface area contributed by atoms with Crippen molar-refractivity contribution in [3.05, 3.63) is 29.8 Å². The number of methoxy groups -OCH3 is 1. The summed E-state index contributed by atoms with van der Waals surface area (Å²) in [5.74, 6) is 0.964. The third-order valence-corrected chi connectivity index (χ3v) is 3.93. The van der Waals surface area contributed by atoms with E-state index in [1.165, 1.54) is 12.8 Å². The predicted molar refractivity (Wildman–Crippen MR) is 88.2 cm³/mol. The fourth-order valence-corrected chi connectivity index (χ4v) is 2.59. The number of hydrogen-bond donors (Lipinski definition) is 0. The van der Waals surface area contributed by atoms with Gasteiger partial charge in [0.15, 0.2) is 5.78 Å². The van der Waals surface area contributed by atoms with Crippen molar-refractivity contribution >= 4 is 5.78 Å². The van der Waals surface area contributed by atoms with Gasteiger partial charge in [-0.2, -0.15) is 0 Å². The molecule has 1 rings (SSSR count). The molecule has 118 valence electrons. The normalized spacial score (nSPS) is 12.7. The van der Waals surface area contributed by atoms with E-state index in [1.54, 1.807) is 7.11 Å². The van der Waals surface area contributed by atoms with Gasteiger partial charge >= 0.3 is 0 Å². The van der Waals surface area contributed by atoms with E-state index < -0.39 is 0 Å². The largest absolute Gasteiger partial charge is 0.497 e. The lowest BCUT2D eigenvalue weighted by molar-refractivity contribution is 0.0785. The molecule has 0 radical (unpaired) electrons. The van der Waals surface area contributed by atoms with Crippen molar-refractivity contribution in [2.45, 2.75) is 59.0 Å². The molecule has 0 aliphatic heterocycles. The Bertz CT molecular complexity index is 425. The first-order valence-electron chi connectivity index (χ1n) is 7.95. The van der Waals surface area contributed by atoms with Crippen molar-refractivity contribution in [3.8, 4) is 5.75 Å². The van der Waals surface area contributed by atoms with E-state index >= 15 is 0 Å². The number of hydrogen-bond acceptors (Lipinski definition) is 3. The van der Waals surface area contributed by atoms with E-state index in [4.69, 9.17) is 4.74 Å². The molecule has 3 heteroatoms. The minimum atomic E-state index is -0.0877. The maximum Gasteiger partial charge on any atom is 0.179 e. The average molecular weight is 291 g/mol. The van der Waals surface area contributed by atoms with Crippen LogP contribution in [-0.4, -0.2) is 36.4 Å². The van der Waals surface area contributed by atoms with Gasteiger partial charge in [0, 0.05) is 11.6 Å². The Labute approximate surface area is 129 Å². The topological polar surface area (TPSA) is 29.5 Å². The zero-order chi connectivity index (χ0) is 15.8. The number of ether oxygens (including phenoxy) is 1. The molecule has 1 aromatic rings. The fraction of sp³-hybridized carbons (Fsp3) is 0.611. The molecule has 1 aromatic carbocycles. The van der Waals surface area contributed by atoms with Gasteiger partial charge in [-0.1, -0.05) is 19.8 Å². The van der Waals surface area contributed by atoms with Gasteiger partial charge in [0.05, 0.1) is 13.2 Å². The zero-order valence-electron chi connectivity index (χ0n) is 14.1. The van der Waals surface area contributed by atoms with Crippen molar-refractivity contribution in [1.29, 1.82) is 0 Å². The first-order valence-corrected chi connectivity index (χ1v) is 7.95. The van der Waals surface area contributed by atoms with Crippen LogP contribution in [-0.2, 0) is 0 Å². The van der Waals surface area contributed by atoms with Crippen molar-refractivity contribution < 1.29 is 9.53 Å². The van der Waals surface area contributed by atoms with E-state index in [2.05, 4.69) is 25.7 Å². The maximum atomic E-state index is 12.6. The highest BCUT2D eigenvalue weighted by atomic mass is 16.5. The molecular formula is C18H29NO2. The quantitative estimate of drug-likeness (QED) is 0.505. The standard InChI is InChI=1S/C18H29NO2/c1-6-7-8-13-19(14(2)3)15(4)18(20)16-9-11-17(21-5)12-10-16/h9-12,14-15H,6-8,13H2,1-5H3. The number of nitrogens with zero attached hydrogens (tertiary/aromatic N) is 1. The van der Waals surface area contributed by atoms with E-state index in [1.807, 2.05) is 31.2 Å². The highest BCUT2D eigenvalue weighted by Gasteiger charge is 2.24. The lowest BCUT2D eigenvalue weighted by Crippen LogP contribution is -2.44. The van der Waals surface area contributed by atoms with Crippen molar-refractivity contribution in [2.24, 2.45) is 0 Å². The Balaban J connectivity index is 2.76. The van der Waals surface area contributed by atoms with Crippen molar-refractivity contribution in [1.82, 2.24) is 4.90 Å². The van der Waals surface area contributed by atoms with E-state index in [-0.39, 0.29) is 11.8 Å². The van der Waals surface area contributed by atoms with Crippen LogP contribution in [0, 0.1) is 0 Å². The maximum absolute atomic E-state index is 12.6. The molecule has 1 unspecified atom stereocenters. The Hall–Kier alpha value is -1.35. The summed E-state index contributed by atoms with van der Waals surface area (Å²) in [6, 6.07) is 7.67. The molecule has 0 aliphatic carbocycles. The number of ketones is 1. The highest BCUT2D eigenvalue weighted by molar-refractivity contribution is 5.99. The molecule has 0 N–H and O–H groups in total. The average Bonchev–Trinajstić information content (AvgIpc) is 2.50. The van der Waals surface area contributed by atoms with Crippen LogP contribution in [0.25, 0.3) is 0 Å². The summed E-state index contributed by atoms with van der Waals surface area (Å²) in [7, 11) is 1.63. The summed E-state index contributed by atoms with van der Waals surface area (Å²) in [5, 5.41) is 0. The summed E-state index contributed by atoms with van der Waals surface area (Å²) in [6.07, 6.45) is 3.56. The first kappa shape index (κ1) is 17.7. The SMILES string of the molecule is CCCCCN(C(C)C)C(C)C(=O)c1ccc(OC)cc1. The molecular weight excluding hydrogens is 262 g/mol. The molecule has 0 bridgehead atoms. The number of carbonyl (C=O) groups excluding carboxylic acids is 1. The lowest BCUT2D eigenvalue weighted by atomic mass is 10.0. The minimum Gasteiger partial charge on any atom is -0.497 e. The number of unbranched alkanes of at least 4 members (excludes halogenated alkanes) is 2. The second kappa shape index (κ2) is 8.83. The molecule has 0 saturated heterocycles. The molecule has 3 nitrogen and oxygen atoms in total. The molecule has 0 saturated carbocycles. The molecule has 0 aliphatic rings. The Morgan fingerprint density at radius 2 is 1.76 bits per heavy atom. The number of benzene rings is 1. The van der Waals surface area contributed by atoms with Gasteiger partial charge in [-0.25, -0.2) is 0 Å². The molecule has 0 fully saturated rings. The van der Waals surface area contributed by atoms with Crippen LogP contribution in [0.3, 0.4) is 0 Å². The van der Waals surface area contributed by atoms with E-state index in [0.717, 1.165) is 24.3 Å². The summed E-state index contributed by atoms with van der Waals surface area (Å²) < 4.78 is 5.14. The Morgan fingerprint density at radius 1 is 1.14 bits per heavy atom. The Kier molecular flexibility index (Phi) is 7.44. The van der Waals surface area contributed by atoms with Gasteiger partial charge in [0.25, 0.3) is 0 Å². The number of Topliss-reactive ketones (excluding diaryl/α,β-unsaturated/α-hetero) is 1. The highest BCUT2D eigenvalue weighted by Crippen LogP contribution is 2.16. The monoisotopic (exact) mass is 291 g/mol. The zero-order valence-corrected chi connectivity index (χ0v) is 14.1. The molecule has 0 aromatic heterocycles. The van der Waals surface area contributed by atoms with Gasteiger partial charge in [-0.15, -0.1) is 0 Å². The van der Waals surface area contributed by atoms with E-state index in [9.17, 15) is 4.79 Å². The van der Waals surface area contributed by atoms with Crippen molar-refractivity contribution in [3.63, 3.8) is 0 Å². The molecule has 21 heavy (non-hydrogen) atoms. The second-order valence-electron chi connectivity index (χ2n) is 5.81. The van der Waals surface area contributed by atoms with Crippen LogP contribution in [0.5, 0.6) is 5.75 Å². The third-order valence-electron chi connectivity index (χ3n) is 3.93. The minimum absolute atomic E-state index is 0.0877. The van der Waals surface area contributed by atoms with Crippen LogP contribution in [0.2, 0.25) is 0 Å². The second-order valence-corrected chi connectivity index (χ2v) is 5.81. The van der Waals surface area contributed by atoms with Crippen LogP contribution in [0.4, 0.5) is 0 Å². The summed E-state index contributed by atoms with van der Waals surface area (Å²) in [6.45, 7) is 9.51. The molecule has 0 spiro atoms. The summed E-state index contributed by atoms with van der Waals surface area (Å²) in [4.78, 5) is 14.9. The van der Waals surface area contributed by atoms with Gasteiger partial charge < -0.3 is 4.74 Å². The summed E-state index contributed by atoms with van der Waals surface area (Å²) >= 11 is 0. The van der Waals surface area contributed by atoms with Crippen LogP contribution < -0.4 is 4.74 Å². The van der Waals surface area contributed by atoms with Gasteiger partial charge in [0.2, 0.25) is 0 Å².